The van der Waals surface area contributed by atoms with Crippen molar-refractivity contribution in [2.24, 2.45) is 5.10 Å². The highest BCUT2D eigenvalue weighted by Gasteiger charge is 2.09. The SMILES string of the molecule is C=NNC(=C(CC)CC)C(O)O. The van der Waals surface area contributed by atoms with Crippen LogP contribution < -0.4 is 5.43 Å². The normalized spacial score (nSPS) is 9.75. The number of rotatable bonds is 5. The van der Waals surface area contributed by atoms with E-state index in [0.717, 1.165) is 18.4 Å². The van der Waals surface area contributed by atoms with Crippen LogP contribution in [0.3, 0.4) is 0 Å². The van der Waals surface area contributed by atoms with Gasteiger partial charge in [0, 0.05) is 6.72 Å². The quantitative estimate of drug-likeness (QED) is 0.323. The fourth-order valence-electron chi connectivity index (χ4n) is 1.04. The van der Waals surface area contributed by atoms with Gasteiger partial charge in [0.25, 0.3) is 0 Å². The lowest BCUT2D eigenvalue weighted by Gasteiger charge is -2.13. The van der Waals surface area contributed by atoms with Crippen LogP contribution in [0.2, 0.25) is 0 Å². The van der Waals surface area contributed by atoms with Crippen LogP contribution in [0.5, 0.6) is 0 Å². The summed E-state index contributed by atoms with van der Waals surface area (Å²) in [5, 5.41) is 21.2. The van der Waals surface area contributed by atoms with Crippen LogP contribution >= 0.6 is 0 Å². The van der Waals surface area contributed by atoms with Gasteiger partial charge in [0.05, 0.1) is 5.70 Å². The van der Waals surface area contributed by atoms with Gasteiger partial charge in [-0.1, -0.05) is 13.8 Å². The average Bonchev–Trinajstić information content (AvgIpc) is 2.05. The Labute approximate surface area is 72.6 Å². The molecule has 12 heavy (non-hydrogen) atoms. The maximum Gasteiger partial charge on any atom is 0.195 e. The molecule has 0 saturated heterocycles. The van der Waals surface area contributed by atoms with Crippen molar-refractivity contribution in [2.45, 2.75) is 33.0 Å². The zero-order chi connectivity index (χ0) is 9.56. The maximum absolute atomic E-state index is 8.92. The van der Waals surface area contributed by atoms with Crippen LogP contribution in [-0.2, 0) is 0 Å². The fraction of sp³-hybridized carbons (Fsp3) is 0.625. The van der Waals surface area contributed by atoms with E-state index in [-0.39, 0.29) is 0 Å². The van der Waals surface area contributed by atoms with Gasteiger partial charge in [-0.15, -0.1) is 0 Å². The molecule has 0 unspecified atom stereocenters. The number of nitrogens with one attached hydrogen (secondary N) is 1. The van der Waals surface area contributed by atoms with Gasteiger partial charge in [0.15, 0.2) is 6.29 Å². The first-order valence-corrected chi connectivity index (χ1v) is 3.97. The third kappa shape index (κ3) is 3.02. The molecule has 0 fully saturated rings. The molecule has 0 aromatic heterocycles. The van der Waals surface area contributed by atoms with Crippen molar-refractivity contribution in [2.75, 3.05) is 0 Å². The predicted molar refractivity (Wildman–Crippen MR) is 48.5 cm³/mol. The molecule has 0 saturated carbocycles. The van der Waals surface area contributed by atoms with E-state index in [1.165, 1.54) is 0 Å². The molecule has 0 atom stereocenters. The summed E-state index contributed by atoms with van der Waals surface area (Å²) < 4.78 is 0. The Morgan fingerprint density at radius 3 is 2.17 bits per heavy atom. The number of allylic oxidation sites excluding steroid dienone is 1. The number of hydrazone groups is 1. The second kappa shape index (κ2) is 5.74. The molecule has 0 radical (unpaired) electrons. The van der Waals surface area contributed by atoms with Crippen molar-refractivity contribution in [1.82, 2.24) is 5.43 Å². The van der Waals surface area contributed by atoms with Gasteiger partial charge >= 0.3 is 0 Å². The Bertz CT molecular complexity index is 170. The Kier molecular flexibility index (Phi) is 5.32. The molecule has 4 heteroatoms. The van der Waals surface area contributed by atoms with Crippen LogP contribution in [0.1, 0.15) is 26.7 Å². The number of hydrogen-bond acceptors (Lipinski definition) is 4. The summed E-state index contributed by atoms with van der Waals surface area (Å²) in [6.07, 6.45) is 0.0446. The molecule has 0 aliphatic heterocycles. The Morgan fingerprint density at radius 2 is 1.92 bits per heavy atom. The lowest BCUT2D eigenvalue weighted by atomic mass is 10.1. The van der Waals surface area contributed by atoms with E-state index in [0.29, 0.717) is 5.70 Å². The zero-order valence-electron chi connectivity index (χ0n) is 7.54. The third-order valence-electron chi connectivity index (χ3n) is 1.69. The summed E-state index contributed by atoms with van der Waals surface area (Å²) >= 11 is 0. The van der Waals surface area contributed by atoms with E-state index in [9.17, 15) is 0 Å². The van der Waals surface area contributed by atoms with Gasteiger partial charge in [0.2, 0.25) is 0 Å². The summed E-state index contributed by atoms with van der Waals surface area (Å²) in [7, 11) is 0. The maximum atomic E-state index is 8.92. The monoisotopic (exact) mass is 172 g/mol. The smallest absolute Gasteiger partial charge is 0.195 e. The molecule has 0 heterocycles. The lowest BCUT2D eigenvalue weighted by Crippen LogP contribution is -2.21. The number of hydrogen-bond donors (Lipinski definition) is 3. The summed E-state index contributed by atoms with van der Waals surface area (Å²) in [4.78, 5) is 0. The highest BCUT2D eigenvalue weighted by atomic mass is 16.5. The van der Waals surface area contributed by atoms with Crippen LogP contribution in [0.4, 0.5) is 0 Å². The number of nitrogens with zero attached hydrogens (tertiary/aromatic N) is 1. The molecule has 0 rings (SSSR count). The van der Waals surface area contributed by atoms with Crippen LogP contribution in [0.15, 0.2) is 16.4 Å². The minimum atomic E-state index is -1.50. The lowest BCUT2D eigenvalue weighted by molar-refractivity contribution is -0.0139. The predicted octanol–water partition coefficient (Wildman–Crippen LogP) is 0.576. The average molecular weight is 172 g/mol. The third-order valence-corrected chi connectivity index (χ3v) is 1.69. The molecule has 0 aromatic carbocycles. The van der Waals surface area contributed by atoms with E-state index in [1.807, 2.05) is 13.8 Å². The van der Waals surface area contributed by atoms with Crippen molar-refractivity contribution in [3.05, 3.63) is 11.3 Å². The Morgan fingerprint density at radius 1 is 1.42 bits per heavy atom. The molecule has 0 aliphatic carbocycles. The van der Waals surface area contributed by atoms with E-state index >= 15 is 0 Å². The van der Waals surface area contributed by atoms with Gasteiger partial charge in [0.1, 0.15) is 0 Å². The molecule has 3 N–H and O–H groups in total. The second-order valence-corrected chi connectivity index (χ2v) is 2.37. The van der Waals surface area contributed by atoms with Gasteiger partial charge in [-0.3, -0.25) is 5.43 Å². The molecule has 0 spiro atoms. The van der Waals surface area contributed by atoms with Crippen LogP contribution in [0, 0.1) is 0 Å². The van der Waals surface area contributed by atoms with Gasteiger partial charge in [-0.25, -0.2) is 0 Å². The molecule has 0 aromatic rings. The summed E-state index contributed by atoms with van der Waals surface area (Å²) in [5.74, 6) is 0. The van der Waals surface area contributed by atoms with Crippen molar-refractivity contribution in [3.63, 3.8) is 0 Å². The standard InChI is InChI=1S/C8H16N2O2/c1-4-6(5-2)7(8(11)12)10-9-3/h8,10-12H,3-5H2,1-2H3. The van der Waals surface area contributed by atoms with E-state index in [1.54, 1.807) is 0 Å². The first-order valence-electron chi connectivity index (χ1n) is 3.97. The Hall–Kier alpha value is -0.870. The molecular weight excluding hydrogens is 156 g/mol. The minimum absolute atomic E-state index is 0.343. The minimum Gasteiger partial charge on any atom is -0.363 e. The molecule has 0 bridgehead atoms. The van der Waals surface area contributed by atoms with Crippen LogP contribution in [-0.4, -0.2) is 23.2 Å². The molecule has 0 aliphatic rings. The molecule has 0 amide bonds. The first kappa shape index (κ1) is 11.1. The Balaban J connectivity index is 4.62. The van der Waals surface area contributed by atoms with Gasteiger partial charge < -0.3 is 10.2 Å². The number of aliphatic hydroxyl groups is 2. The molecule has 70 valence electrons. The van der Waals surface area contributed by atoms with Gasteiger partial charge in [-0.05, 0) is 18.4 Å². The summed E-state index contributed by atoms with van der Waals surface area (Å²) in [6, 6.07) is 0. The van der Waals surface area contributed by atoms with E-state index < -0.39 is 6.29 Å². The highest BCUT2D eigenvalue weighted by Crippen LogP contribution is 2.12. The largest absolute Gasteiger partial charge is 0.363 e. The van der Waals surface area contributed by atoms with Gasteiger partial charge in [-0.2, -0.15) is 5.10 Å². The fourth-order valence-corrected chi connectivity index (χ4v) is 1.04. The van der Waals surface area contributed by atoms with Crippen LogP contribution in [0.25, 0.3) is 0 Å². The molecule has 4 nitrogen and oxygen atoms in total. The van der Waals surface area contributed by atoms with Crippen molar-refractivity contribution < 1.29 is 10.2 Å². The van der Waals surface area contributed by atoms with E-state index in [4.69, 9.17) is 10.2 Å². The molecular formula is C8H16N2O2. The second-order valence-electron chi connectivity index (χ2n) is 2.37. The topological polar surface area (TPSA) is 64.9 Å². The van der Waals surface area contributed by atoms with Crippen molar-refractivity contribution in [3.8, 4) is 0 Å². The highest BCUT2D eigenvalue weighted by molar-refractivity contribution is 5.24. The van der Waals surface area contributed by atoms with Crippen molar-refractivity contribution in [1.29, 1.82) is 0 Å². The zero-order valence-corrected chi connectivity index (χ0v) is 7.54. The summed E-state index contributed by atoms with van der Waals surface area (Å²) in [5.41, 5.74) is 3.76. The first-order chi connectivity index (χ1) is 5.67. The van der Waals surface area contributed by atoms with E-state index in [2.05, 4.69) is 17.2 Å². The number of aliphatic hydroxyl groups excluding tert-OH is 1. The summed E-state index contributed by atoms with van der Waals surface area (Å²) in [6.45, 7) is 7.12. The van der Waals surface area contributed by atoms with Crippen molar-refractivity contribution >= 4 is 6.72 Å².